The van der Waals surface area contributed by atoms with Gasteiger partial charge in [0.05, 0.1) is 23.0 Å². The van der Waals surface area contributed by atoms with Crippen molar-refractivity contribution >= 4 is 10.9 Å². The summed E-state index contributed by atoms with van der Waals surface area (Å²) in [7, 11) is 0. The molecule has 20 heavy (non-hydrogen) atoms. The summed E-state index contributed by atoms with van der Waals surface area (Å²) in [6.07, 6.45) is -1.51. The minimum absolute atomic E-state index is 0.0797. The number of nitrogens with one attached hydrogen (secondary N) is 2. The quantitative estimate of drug-likeness (QED) is 0.718. The molecule has 0 aliphatic rings. The van der Waals surface area contributed by atoms with Gasteiger partial charge in [-0.3, -0.25) is 5.10 Å². The maximum absolute atomic E-state index is 12.7. The predicted molar refractivity (Wildman–Crippen MR) is 64.9 cm³/mol. The first-order valence-corrected chi connectivity index (χ1v) is 5.55. The largest absolute Gasteiger partial charge is 0.416 e. The van der Waals surface area contributed by atoms with Gasteiger partial charge in [0.15, 0.2) is 0 Å². The van der Waals surface area contributed by atoms with Crippen LogP contribution in [0.4, 0.5) is 13.2 Å². The van der Waals surface area contributed by atoms with Crippen molar-refractivity contribution in [1.82, 2.24) is 20.2 Å². The summed E-state index contributed by atoms with van der Waals surface area (Å²) in [5, 5.41) is 6.72. The van der Waals surface area contributed by atoms with E-state index >= 15 is 0 Å². The monoisotopic (exact) mass is 280 g/mol. The second-order valence-electron chi connectivity index (χ2n) is 4.14. The standard InChI is InChI=1S/C12H7F3N4O/c13-12(14,15)7-1-2-8-9(3-7)18-11(20)19-10(8)6-4-16-17-5-6/h1-5H,(H,16,17)(H,18,19,20). The predicted octanol–water partition coefficient (Wildman–Crippen LogP) is 2.33. The van der Waals surface area contributed by atoms with E-state index in [9.17, 15) is 18.0 Å². The van der Waals surface area contributed by atoms with Gasteiger partial charge in [-0.05, 0) is 12.1 Å². The number of aromatic amines is 2. The van der Waals surface area contributed by atoms with Crippen molar-refractivity contribution in [3.63, 3.8) is 0 Å². The molecule has 0 amide bonds. The van der Waals surface area contributed by atoms with Crippen LogP contribution in [-0.2, 0) is 6.18 Å². The van der Waals surface area contributed by atoms with E-state index in [1.807, 2.05) is 0 Å². The van der Waals surface area contributed by atoms with Crippen LogP contribution in [0.2, 0.25) is 0 Å². The fraction of sp³-hybridized carbons (Fsp3) is 0.0833. The first-order valence-electron chi connectivity index (χ1n) is 5.55. The van der Waals surface area contributed by atoms with Gasteiger partial charge in [-0.15, -0.1) is 0 Å². The molecule has 0 atom stereocenters. The van der Waals surface area contributed by atoms with Gasteiger partial charge < -0.3 is 4.98 Å². The van der Waals surface area contributed by atoms with Gasteiger partial charge >= 0.3 is 11.9 Å². The van der Waals surface area contributed by atoms with Crippen molar-refractivity contribution in [1.29, 1.82) is 0 Å². The summed E-state index contributed by atoms with van der Waals surface area (Å²) in [4.78, 5) is 17.6. The summed E-state index contributed by atoms with van der Waals surface area (Å²) in [5.41, 5.74) is -0.652. The van der Waals surface area contributed by atoms with Crippen molar-refractivity contribution in [3.05, 3.63) is 46.6 Å². The summed E-state index contributed by atoms with van der Waals surface area (Å²) in [5.74, 6) is 0. The van der Waals surface area contributed by atoms with Crippen LogP contribution >= 0.6 is 0 Å². The van der Waals surface area contributed by atoms with Gasteiger partial charge in [-0.2, -0.15) is 23.3 Å². The van der Waals surface area contributed by atoms with E-state index in [4.69, 9.17) is 0 Å². The molecule has 3 aromatic rings. The molecule has 0 aliphatic carbocycles. The Morgan fingerprint density at radius 2 is 2.00 bits per heavy atom. The molecule has 8 heteroatoms. The van der Waals surface area contributed by atoms with Gasteiger partial charge in [-0.1, -0.05) is 6.07 Å². The van der Waals surface area contributed by atoms with Crippen LogP contribution in [-0.4, -0.2) is 20.2 Å². The zero-order valence-corrected chi connectivity index (χ0v) is 9.82. The first-order chi connectivity index (χ1) is 9.45. The molecular formula is C12H7F3N4O. The average Bonchev–Trinajstić information content (AvgIpc) is 2.89. The number of hydrogen-bond donors (Lipinski definition) is 2. The number of nitrogens with zero attached hydrogens (tertiary/aromatic N) is 2. The van der Waals surface area contributed by atoms with Gasteiger partial charge in [0.2, 0.25) is 0 Å². The maximum Gasteiger partial charge on any atom is 0.416 e. The number of H-pyrrole nitrogens is 2. The molecule has 5 nitrogen and oxygen atoms in total. The molecule has 1 aromatic carbocycles. The number of hydrogen-bond acceptors (Lipinski definition) is 3. The second-order valence-corrected chi connectivity index (χ2v) is 4.14. The van der Waals surface area contributed by atoms with E-state index in [0.29, 0.717) is 10.9 Å². The molecule has 2 aromatic heterocycles. The Bertz CT molecular complexity index is 821. The molecule has 2 N–H and O–H groups in total. The molecule has 102 valence electrons. The van der Waals surface area contributed by atoms with E-state index in [1.54, 1.807) is 0 Å². The zero-order chi connectivity index (χ0) is 14.3. The zero-order valence-electron chi connectivity index (χ0n) is 9.82. The third kappa shape index (κ3) is 2.04. The molecule has 0 aliphatic heterocycles. The lowest BCUT2D eigenvalue weighted by atomic mass is 10.1. The smallest absolute Gasteiger partial charge is 0.305 e. The van der Waals surface area contributed by atoms with E-state index in [2.05, 4.69) is 20.2 Å². The second kappa shape index (κ2) is 4.19. The number of fused-ring (bicyclic) bond motifs is 1. The van der Waals surface area contributed by atoms with Crippen LogP contribution in [0.25, 0.3) is 22.2 Å². The number of aromatic nitrogens is 4. The number of rotatable bonds is 1. The van der Waals surface area contributed by atoms with E-state index in [-0.39, 0.29) is 11.2 Å². The van der Waals surface area contributed by atoms with Crippen molar-refractivity contribution in [2.24, 2.45) is 0 Å². The summed E-state index contributed by atoms with van der Waals surface area (Å²) >= 11 is 0. The fourth-order valence-electron chi connectivity index (χ4n) is 1.94. The highest BCUT2D eigenvalue weighted by atomic mass is 19.4. The Kier molecular flexibility index (Phi) is 2.60. The Hall–Kier alpha value is -2.64. The molecule has 3 rings (SSSR count). The van der Waals surface area contributed by atoms with Gasteiger partial charge in [0.25, 0.3) is 0 Å². The van der Waals surface area contributed by atoms with Crippen molar-refractivity contribution < 1.29 is 13.2 Å². The SMILES string of the molecule is O=c1nc(-c2cn[nH]c2)c2ccc(C(F)(F)F)cc2[nH]1. The van der Waals surface area contributed by atoms with Crippen LogP contribution in [0, 0.1) is 0 Å². The highest BCUT2D eigenvalue weighted by Crippen LogP contribution is 2.32. The number of halogens is 3. The van der Waals surface area contributed by atoms with Crippen LogP contribution in [0.5, 0.6) is 0 Å². The normalized spacial score (nSPS) is 11.9. The molecule has 0 saturated heterocycles. The van der Waals surface area contributed by atoms with Crippen LogP contribution in [0.3, 0.4) is 0 Å². The Morgan fingerprint density at radius 1 is 1.20 bits per heavy atom. The number of alkyl halides is 3. The highest BCUT2D eigenvalue weighted by Gasteiger charge is 2.30. The van der Waals surface area contributed by atoms with Crippen molar-refractivity contribution in [2.45, 2.75) is 6.18 Å². The lowest BCUT2D eigenvalue weighted by molar-refractivity contribution is -0.137. The topological polar surface area (TPSA) is 74.4 Å². The fourth-order valence-corrected chi connectivity index (χ4v) is 1.94. The van der Waals surface area contributed by atoms with Gasteiger partial charge in [0, 0.05) is 17.1 Å². The first kappa shape index (κ1) is 12.4. The van der Waals surface area contributed by atoms with E-state index in [1.165, 1.54) is 18.5 Å². The van der Waals surface area contributed by atoms with Gasteiger partial charge in [-0.25, -0.2) is 4.79 Å². The number of benzene rings is 1. The highest BCUT2D eigenvalue weighted by molar-refractivity contribution is 5.92. The average molecular weight is 280 g/mol. The Balaban J connectivity index is 2.31. The minimum atomic E-state index is -4.47. The lowest BCUT2D eigenvalue weighted by Crippen LogP contribution is -2.12. The van der Waals surface area contributed by atoms with Crippen molar-refractivity contribution in [3.8, 4) is 11.3 Å². The third-order valence-corrected chi connectivity index (χ3v) is 2.83. The third-order valence-electron chi connectivity index (χ3n) is 2.83. The maximum atomic E-state index is 12.7. The van der Waals surface area contributed by atoms with E-state index in [0.717, 1.165) is 12.1 Å². The van der Waals surface area contributed by atoms with Crippen molar-refractivity contribution in [2.75, 3.05) is 0 Å². The molecule has 2 heterocycles. The van der Waals surface area contributed by atoms with Crippen LogP contribution in [0.15, 0.2) is 35.4 Å². The lowest BCUT2D eigenvalue weighted by Gasteiger charge is -2.08. The summed E-state index contributed by atoms with van der Waals surface area (Å²) < 4.78 is 38.0. The molecule has 0 saturated carbocycles. The minimum Gasteiger partial charge on any atom is -0.305 e. The molecular weight excluding hydrogens is 273 g/mol. The molecule has 0 radical (unpaired) electrons. The summed E-state index contributed by atoms with van der Waals surface area (Å²) in [6.45, 7) is 0. The molecule has 0 fully saturated rings. The van der Waals surface area contributed by atoms with Crippen LogP contribution in [0.1, 0.15) is 5.56 Å². The van der Waals surface area contributed by atoms with Gasteiger partial charge in [0.1, 0.15) is 0 Å². The Labute approximate surface area is 109 Å². The molecule has 0 bridgehead atoms. The molecule has 0 unspecified atom stereocenters. The van der Waals surface area contributed by atoms with Crippen LogP contribution < -0.4 is 5.69 Å². The Morgan fingerprint density at radius 3 is 2.65 bits per heavy atom. The summed E-state index contributed by atoms with van der Waals surface area (Å²) in [6, 6.07) is 3.12. The van der Waals surface area contributed by atoms with E-state index < -0.39 is 17.4 Å². The molecule has 0 spiro atoms.